The van der Waals surface area contributed by atoms with Crippen LogP contribution >= 0.6 is 0 Å². The van der Waals surface area contributed by atoms with Gasteiger partial charge in [0.25, 0.3) is 0 Å². The van der Waals surface area contributed by atoms with E-state index < -0.39 is 0 Å². The number of nitrogens with two attached hydrogens (primary N) is 1. The first-order valence-electron chi connectivity index (χ1n) is 4.84. The van der Waals surface area contributed by atoms with E-state index in [0.29, 0.717) is 19.5 Å². The number of amides is 2. The van der Waals surface area contributed by atoms with Crippen molar-refractivity contribution in [1.82, 2.24) is 10.2 Å². The van der Waals surface area contributed by atoms with E-state index in [9.17, 15) is 9.59 Å². The molecule has 1 aliphatic heterocycles. The molecular formula is C9H17N3O2. The molecule has 0 spiro atoms. The fourth-order valence-corrected chi connectivity index (χ4v) is 1.77. The van der Waals surface area contributed by atoms with E-state index in [4.69, 9.17) is 5.73 Å². The summed E-state index contributed by atoms with van der Waals surface area (Å²) >= 11 is 0. The van der Waals surface area contributed by atoms with E-state index in [0.717, 1.165) is 13.0 Å². The van der Waals surface area contributed by atoms with Crippen LogP contribution in [0, 0.1) is 5.92 Å². The van der Waals surface area contributed by atoms with Gasteiger partial charge in [0.05, 0.1) is 6.54 Å². The predicted molar refractivity (Wildman–Crippen MR) is 52.4 cm³/mol. The molecule has 80 valence electrons. The van der Waals surface area contributed by atoms with Gasteiger partial charge in [0.1, 0.15) is 0 Å². The predicted octanol–water partition coefficient (Wildman–Crippen LogP) is -1.07. The summed E-state index contributed by atoms with van der Waals surface area (Å²) in [7, 11) is 1.74. The van der Waals surface area contributed by atoms with E-state index in [-0.39, 0.29) is 17.7 Å². The lowest BCUT2D eigenvalue weighted by Gasteiger charge is -2.15. The summed E-state index contributed by atoms with van der Waals surface area (Å²) < 4.78 is 0. The number of nitrogens with one attached hydrogen (secondary N) is 1. The molecule has 0 aromatic carbocycles. The second-order valence-electron chi connectivity index (χ2n) is 3.70. The van der Waals surface area contributed by atoms with E-state index in [2.05, 4.69) is 5.32 Å². The number of hydrogen-bond donors (Lipinski definition) is 2. The Bertz CT molecular complexity index is 230. The monoisotopic (exact) mass is 199 g/mol. The Labute approximate surface area is 83.6 Å². The maximum Gasteiger partial charge on any atom is 0.236 e. The number of nitrogens with zero attached hydrogens (tertiary/aromatic N) is 1. The third kappa shape index (κ3) is 2.99. The van der Waals surface area contributed by atoms with E-state index in [1.807, 2.05) is 0 Å². The van der Waals surface area contributed by atoms with Gasteiger partial charge in [-0.3, -0.25) is 9.59 Å². The minimum Gasteiger partial charge on any atom is -0.370 e. The standard InChI is InChI=1S/C9H17N3O2/c1-11-5-9(14)12-3-2-7(6-12)4-8(10)13/h7,11H,2-6H2,1H3,(H2,10,13). The lowest BCUT2D eigenvalue weighted by atomic mass is 10.1. The molecule has 0 aromatic heterocycles. The highest BCUT2D eigenvalue weighted by atomic mass is 16.2. The Balaban J connectivity index is 2.33. The molecule has 0 aliphatic carbocycles. The maximum absolute atomic E-state index is 11.4. The van der Waals surface area contributed by atoms with Gasteiger partial charge in [0.2, 0.25) is 11.8 Å². The summed E-state index contributed by atoms with van der Waals surface area (Å²) in [4.78, 5) is 23.9. The van der Waals surface area contributed by atoms with Crippen LogP contribution in [0.25, 0.3) is 0 Å². The Morgan fingerprint density at radius 3 is 2.86 bits per heavy atom. The molecule has 0 radical (unpaired) electrons. The van der Waals surface area contributed by atoms with E-state index in [1.165, 1.54) is 0 Å². The molecule has 3 N–H and O–H groups in total. The smallest absolute Gasteiger partial charge is 0.236 e. The molecule has 1 rings (SSSR count). The maximum atomic E-state index is 11.4. The van der Waals surface area contributed by atoms with Crippen molar-refractivity contribution in [2.24, 2.45) is 11.7 Å². The molecule has 2 amide bonds. The first-order valence-corrected chi connectivity index (χ1v) is 4.84. The second kappa shape index (κ2) is 4.95. The number of rotatable bonds is 4. The average Bonchev–Trinajstić information content (AvgIpc) is 2.52. The summed E-state index contributed by atoms with van der Waals surface area (Å²) in [5, 5.41) is 2.82. The van der Waals surface area contributed by atoms with E-state index >= 15 is 0 Å². The molecule has 14 heavy (non-hydrogen) atoms. The van der Waals surface area contributed by atoms with Crippen LogP contribution in [0.5, 0.6) is 0 Å². The van der Waals surface area contributed by atoms with Crippen LogP contribution in [0.1, 0.15) is 12.8 Å². The molecule has 1 unspecified atom stereocenters. The van der Waals surface area contributed by atoms with Crippen molar-refractivity contribution in [2.45, 2.75) is 12.8 Å². The van der Waals surface area contributed by atoms with Crippen molar-refractivity contribution in [3.8, 4) is 0 Å². The Kier molecular flexibility index (Phi) is 3.88. The van der Waals surface area contributed by atoms with Crippen molar-refractivity contribution in [1.29, 1.82) is 0 Å². The summed E-state index contributed by atoms with van der Waals surface area (Å²) in [6.07, 6.45) is 1.28. The average molecular weight is 199 g/mol. The molecule has 1 heterocycles. The Hall–Kier alpha value is -1.10. The minimum absolute atomic E-state index is 0.0967. The van der Waals surface area contributed by atoms with Crippen molar-refractivity contribution in [3.05, 3.63) is 0 Å². The molecule has 1 atom stereocenters. The molecule has 1 fully saturated rings. The zero-order valence-corrected chi connectivity index (χ0v) is 8.45. The van der Waals surface area contributed by atoms with Crippen molar-refractivity contribution >= 4 is 11.8 Å². The Morgan fingerprint density at radius 2 is 2.29 bits per heavy atom. The van der Waals surface area contributed by atoms with Gasteiger partial charge >= 0.3 is 0 Å². The van der Waals surface area contributed by atoms with Gasteiger partial charge < -0.3 is 16.0 Å². The first-order chi connectivity index (χ1) is 6.63. The summed E-state index contributed by atoms with van der Waals surface area (Å²) in [5.41, 5.74) is 5.10. The quantitative estimate of drug-likeness (QED) is 0.605. The highest BCUT2D eigenvalue weighted by molar-refractivity contribution is 5.79. The van der Waals surface area contributed by atoms with Gasteiger partial charge in [-0.1, -0.05) is 0 Å². The molecule has 5 nitrogen and oxygen atoms in total. The van der Waals surface area contributed by atoms with Crippen LogP contribution < -0.4 is 11.1 Å². The first kappa shape index (κ1) is 11.0. The highest BCUT2D eigenvalue weighted by Gasteiger charge is 2.26. The van der Waals surface area contributed by atoms with Gasteiger partial charge in [-0.05, 0) is 19.4 Å². The number of primary amides is 1. The molecule has 0 bridgehead atoms. The van der Waals surface area contributed by atoms with Crippen LogP contribution in [0.15, 0.2) is 0 Å². The minimum atomic E-state index is -0.280. The highest BCUT2D eigenvalue weighted by Crippen LogP contribution is 2.18. The lowest BCUT2D eigenvalue weighted by molar-refractivity contribution is -0.129. The third-order valence-electron chi connectivity index (χ3n) is 2.46. The van der Waals surface area contributed by atoms with Crippen molar-refractivity contribution in [3.63, 3.8) is 0 Å². The third-order valence-corrected chi connectivity index (χ3v) is 2.46. The number of carbonyl (C=O) groups excluding carboxylic acids is 2. The largest absolute Gasteiger partial charge is 0.370 e. The summed E-state index contributed by atoms with van der Waals surface area (Å²) in [6, 6.07) is 0. The summed E-state index contributed by atoms with van der Waals surface area (Å²) in [6.45, 7) is 1.78. The molecule has 1 aliphatic rings. The normalized spacial score (nSPS) is 21.2. The van der Waals surface area contributed by atoms with Gasteiger partial charge in [0.15, 0.2) is 0 Å². The SMILES string of the molecule is CNCC(=O)N1CCC(CC(N)=O)C1. The molecule has 0 aromatic rings. The summed E-state index contributed by atoms with van der Waals surface area (Å²) in [5.74, 6) is 0.0747. The number of carbonyl (C=O) groups is 2. The topological polar surface area (TPSA) is 75.4 Å². The fourth-order valence-electron chi connectivity index (χ4n) is 1.77. The van der Waals surface area contributed by atoms with Crippen LogP contribution in [-0.4, -0.2) is 43.4 Å². The van der Waals surface area contributed by atoms with Crippen molar-refractivity contribution < 1.29 is 9.59 Å². The van der Waals surface area contributed by atoms with Crippen LogP contribution in [0.3, 0.4) is 0 Å². The number of likely N-dealkylation sites (tertiary alicyclic amines) is 1. The van der Waals surface area contributed by atoms with E-state index in [1.54, 1.807) is 11.9 Å². The van der Waals surface area contributed by atoms with Crippen LogP contribution in [-0.2, 0) is 9.59 Å². The van der Waals surface area contributed by atoms with Crippen LogP contribution in [0.4, 0.5) is 0 Å². The lowest BCUT2D eigenvalue weighted by Crippen LogP contribution is -2.35. The number of likely N-dealkylation sites (N-methyl/N-ethyl adjacent to an activating group) is 1. The van der Waals surface area contributed by atoms with Crippen LogP contribution in [0.2, 0.25) is 0 Å². The molecule has 5 heteroatoms. The van der Waals surface area contributed by atoms with Gasteiger partial charge in [-0.2, -0.15) is 0 Å². The van der Waals surface area contributed by atoms with Gasteiger partial charge in [-0.15, -0.1) is 0 Å². The fraction of sp³-hybridized carbons (Fsp3) is 0.778. The molecule has 1 saturated heterocycles. The molecule has 0 saturated carbocycles. The molecular weight excluding hydrogens is 182 g/mol. The second-order valence-corrected chi connectivity index (χ2v) is 3.70. The zero-order chi connectivity index (χ0) is 10.6. The number of hydrogen-bond acceptors (Lipinski definition) is 3. The Morgan fingerprint density at radius 1 is 1.57 bits per heavy atom. The van der Waals surface area contributed by atoms with Gasteiger partial charge in [-0.25, -0.2) is 0 Å². The van der Waals surface area contributed by atoms with Gasteiger partial charge in [0, 0.05) is 19.5 Å². The zero-order valence-electron chi connectivity index (χ0n) is 8.45. The van der Waals surface area contributed by atoms with Crippen molar-refractivity contribution in [2.75, 3.05) is 26.7 Å².